The van der Waals surface area contributed by atoms with E-state index in [-0.39, 0.29) is 62.2 Å². The first-order valence-corrected chi connectivity index (χ1v) is 35.0. The Balaban J connectivity index is 1.97. The van der Waals surface area contributed by atoms with Crippen LogP contribution in [0.5, 0.6) is 0 Å². The first-order valence-electron chi connectivity index (χ1n) is 34.6. The number of hydrogen-bond donors (Lipinski definition) is 5. The summed E-state index contributed by atoms with van der Waals surface area (Å²) in [6.45, 7) is 21.0. The van der Waals surface area contributed by atoms with E-state index in [0.717, 1.165) is 21.1 Å². The van der Waals surface area contributed by atoms with Gasteiger partial charge in [0, 0.05) is 80.3 Å². The summed E-state index contributed by atoms with van der Waals surface area (Å²) in [4.78, 5) is 188. The lowest BCUT2D eigenvalue weighted by molar-refractivity contribution is -0.151. The first kappa shape index (κ1) is 82.8. The highest BCUT2D eigenvalue weighted by molar-refractivity contribution is 6.30. The maximum absolute atomic E-state index is 15.5. The SMILES string of the molecule is CC(C)C[C@@H]1NC(=O)[C@H](Cc2ccc(Cl)cc2)N(C)C(=O)[C@H](CC(C)C)N(C)C(=O)[C@H](C(C)C)NC(=O)[C@H](C)N(C)C(=O)C[C@@H](C(=O)N2CCCCC2)NC(=O)[C@H](CC(C)C)N(C)C(=O)CN(C)C(=O)[C@H]([C@@H](C)O)NC(=O)[C@H](CC(C)C)N(C)C(=O)[C@H](Cc2ccccc2)N(C)C1=O. The summed E-state index contributed by atoms with van der Waals surface area (Å²) < 4.78 is 0. The molecule has 0 aromatic heterocycles. The number of rotatable bonds is 15. The van der Waals surface area contributed by atoms with Crippen molar-refractivity contribution in [1.29, 1.82) is 0 Å². The molecule has 2 aromatic rings. The maximum Gasteiger partial charge on any atom is 0.248 e. The van der Waals surface area contributed by atoms with E-state index in [1.54, 1.807) is 73.3 Å². The standard InChI is InChI=1S/C72H113ClN12O13/c1-42(2)34-52-67(93)83(18)58(39-49-26-22-20-23-27-49)70(96)81(16)55(36-44(5)6)66(92)77-62(48(12)86)71(97)78(13)41-60(88)80(15)54(35-43(3)4)64(90)75-53(68(94)85-32-24-21-25-33-85)40-59(87)79(14)47(11)63(89)76-61(46(9)10)72(98)84(19)57(37-45(7)8)69(95)82(17)56(65(91)74-52)38-50-28-30-51(73)31-29-50/h20,22-23,26-31,42-48,52-58,61-62,86H,21,24-25,32-41H2,1-19H3,(H,74,91)(H,75,90)(H,76,89)(H,77,92)/t47-,48+,52-,53-,54-,55-,56-,57-,58-,61-,62-/m0/s1. The molecule has 0 bridgehead atoms. The van der Waals surface area contributed by atoms with E-state index in [1.807, 2.05) is 55.4 Å². The highest BCUT2D eigenvalue weighted by atomic mass is 35.5. The van der Waals surface area contributed by atoms with Crippen LogP contribution >= 0.6 is 11.6 Å². The Kier molecular flexibility index (Phi) is 32.1. The van der Waals surface area contributed by atoms with Crippen molar-refractivity contribution in [2.45, 2.75) is 214 Å². The van der Waals surface area contributed by atoms with Crippen LogP contribution < -0.4 is 21.3 Å². The van der Waals surface area contributed by atoms with Gasteiger partial charge in [-0.2, -0.15) is 0 Å². The Hall–Kier alpha value is -7.67. The third-order valence-corrected chi connectivity index (χ3v) is 18.9. The molecule has 0 spiro atoms. The molecule has 26 heteroatoms. The number of aliphatic hydroxyl groups is 1. The van der Waals surface area contributed by atoms with Crippen molar-refractivity contribution in [2.75, 3.05) is 69.0 Å². The summed E-state index contributed by atoms with van der Waals surface area (Å²) >= 11 is 6.34. The number of benzene rings is 2. The first-order chi connectivity index (χ1) is 45.8. The molecule has 0 radical (unpaired) electrons. The molecule has 12 amide bonds. The van der Waals surface area contributed by atoms with Gasteiger partial charge in [-0.15, -0.1) is 0 Å². The number of nitrogens with zero attached hydrogens (tertiary/aromatic N) is 8. The van der Waals surface area contributed by atoms with Gasteiger partial charge in [0.15, 0.2) is 0 Å². The van der Waals surface area contributed by atoms with Gasteiger partial charge >= 0.3 is 0 Å². The molecule has 0 aliphatic carbocycles. The van der Waals surface area contributed by atoms with E-state index >= 15 is 24.0 Å². The molecular formula is C72H113ClN12O13. The summed E-state index contributed by atoms with van der Waals surface area (Å²) in [6.07, 6.45) is 0.199. The molecule has 0 unspecified atom stereocenters. The van der Waals surface area contributed by atoms with Crippen molar-refractivity contribution < 1.29 is 62.6 Å². The average Bonchev–Trinajstić information content (AvgIpc) is 0.819. The number of likely N-dealkylation sites (N-methyl/N-ethyl adjacent to an activating group) is 7. The van der Waals surface area contributed by atoms with Crippen LogP contribution in [0.2, 0.25) is 5.02 Å². The van der Waals surface area contributed by atoms with Crippen molar-refractivity contribution in [2.24, 2.45) is 29.6 Å². The lowest BCUT2D eigenvalue weighted by atomic mass is 9.96. The zero-order valence-electron chi connectivity index (χ0n) is 61.4. The second kappa shape index (κ2) is 38.1. The van der Waals surface area contributed by atoms with Gasteiger partial charge < -0.3 is 65.6 Å². The van der Waals surface area contributed by atoms with E-state index in [9.17, 15) is 38.7 Å². The summed E-state index contributed by atoms with van der Waals surface area (Å²) in [7, 11) is 9.74. The molecule has 0 saturated carbocycles. The molecule has 546 valence electrons. The van der Waals surface area contributed by atoms with Gasteiger partial charge in [0.25, 0.3) is 0 Å². The van der Waals surface area contributed by atoms with E-state index in [4.69, 9.17) is 11.6 Å². The lowest BCUT2D eigenvalue weighted by Crippen LogP contribution is -2.62. The number of likely N-dealkylation sites (tertiary alicyclic amines) is 1. The van der Waals surface area contributed by atoms with Crippen LogP contribution in [0.4, 0.5) is 0 Å². The molecule has 2 aromatic carbocycles. The predicted molar refractivity (Wildman–Crippen MR) is 375 cm³/mol. The fourth-order valence-electron chi connectivity index (χ4n) is 12.4. The number of halogens is 1. The number of carbonyl (C=O) groups excluding carboxylic acids is 12. The van der Waals surface area contributed by atoms with Gasteiger partial charge in [0.05, 0.1) is 19.1 Å². The molecule has 4 rings (SSSR count). The minimum Gasteiger partial charge on any atom is -0.391 e. The third kappa shape index (κ3) is 23.2. The quantitative estimate of drug-likeness (QED) is 0.168. The number of hydrogen-bond acceptors (Lipinski definition) is 13. The second-order valence-electron chi connectivity index (χ2n) is 29.0. The van der Waals surface area contributed by atoms with Crippen LogP contribution in [0.3, 0.4) is 0 Å². The van der Waals surface area contributed by atoms with Crippen LogP contribution in [0.25, 0.3) is 0 Å². The van der Waals surface area contributed by atoms with E-state index < -0.39 is 156 Å². The Labute approximate surface area is 586 Å². The fourth-order valence-corrected chi connectivity index (χ4v) is 12.5. The highest BCUT2D eigenvalue weighted by Crippen LogP contribution is 2.25. The summed E-state index contributed by atoms with van der Waals surface area (Å²) in [5.74, 6) is -10.1. The Bertz CT molecular complexity index is 3070. The average molecular weight is 1390 g/mol. The largest absolute Gasteiger partial charge is 0.391 e. The monoisotopic (exact) mass is 1390 g/mol. The molecule has 2 heterocycles. The topological polar surface area (TPSA) is 299 Å². The second-order valence-corrected chi connectivity index (χ2v) is 29.4. The minimum atomic E-state index is -1.67. The third-order valence-electron chi connectivity index (χ3n) is 18.7. The van der Waals surface area contributed by atoms with Crippen molar-refractivity contribution in [1.82, 2.24) is 60.5 Å². The van der Waals surface area contributed by atoms with Gasteiger partial charge in [-0.05, 0) is 112 Å². The molecule has 2 saturated heterocycles. The zero-order chi connectivity index (χ0) is 73.9. The molecule has 98 heavy (non-hydrogen) atoms. The molecule has 2 aliphatic heterocycles. The van der Waals surface area contributed by atoms with Gasteiger partial charge in [0.2, 0.25) is 70.9 Å². The summed E-state index contributed by atoms with van der Waals surface area (Å²) in [5.41, 5.74) is 1.24. The number of amides is 12. The van der Waals surface area contributed by atoms with Crippen LogP contribution in [-0.2, 0) is 70.4 Å². The van der Waals surface area contributed by atoms with Gasteiger partial charge in [-0.1, -0.05) is 123 Å². The zero-order valence-corrected chi connectivity index (χ0v) is 62.2. The van der Waals surface area contributed by atoms with E-state index in [2.05, 4.69) is 21.3 Å². The van der Waals surface area contributed by atoms with Crippen molar-refractivity contribution in [3.63, 3.8) is 0 Å². The molecule has 11 atom stereocenters. The molecule has 2 aliphatic rings. The number of carbonyl (C=O) groups is 12. The number of aliphatic hydroxyl groups excluding tert-OH is 1. The van der Waals surface area contributed by atoms with Crippen LogP contribution in [0.1, 0.15) is 146 Å². The van der Waals surface area contributed by atoms with E-state index in [0.29, 0.717) is 42.1 Å². The summed E-state index contributed by atoms with van der Waals surface area (Å²) in [5, 5.41) is 22.9. The number of nitrogens with one attached hydrogen (secondary N) is 4. The Morgan fingerprint density at radius 2 is 0.918 bits per heavy atom. The Morgan fingerprint density at radius 3 is 1.45 bits per heavy atom. The molecule has 25 nitrogen and oxygen atoms in total. The molecular weight excluding hydrogens is 1280 g/mol. The minimum absolute atomic E-state index is 0.0432. The van der Waals surface area contributed by atoms with Crippen molar-refractivity contribution in [3.8, 4) is 0 Å². The van der Waals surface area contributed by atoms with Gasteiger partial charge in [-0.3, -0.25) is 57.5 Å². The van der Waals surface area contributed by atoms with Crippen molar-refractivity contribution >= 4 is 82.5 Å². The van der Waals surface area contributed by atoms with Crippen LogP contribution in [-0.4, -0.2) is 251 Å². The van der Waals surface area contributed by atoms with Gasteiger partial charge in [0.1, 0.15) is 60.4 Å². The fraction of sp³-hybridized carbons (Fsp3) is 0.667. The Morgan fingerprint density at radius 1 is 0.469 bits per heavy atom. The smallest absolute Gasteiger partial charge is 0.248 e. The van der Waals surface area contributed by atoms with E-state index in [1.165, 1.54) is 82.8 Å². The summed E-state index contributed by atoms with van der Waals surface area (Å²) in [6, 6.07) is 2.17. The maximum atomic E-state index is 15.5. The lowest BCUT2D eigenvalue weighted by Gasteiger charge is -2.38. The predicted octanol–water partition coefficient (Wildman–Crippen LogP) is 4.14. The molecule has 2 fully saturated rings. The normalized spacial score (nSPS) is 25.4. The van der Waals surface area contributed by atoms with Crippen molar-refractivity contribution in [3.05, 3.63) is 70.7 Å². The van der Waals surface area contributed by atoms with Crippen LogP contribution in [0, 0.1) is 29.6 Å². The highest BCUT2D eigenvalue weighted by Gasteiger charge is 2.44. The molecule has 5 N–H and O–H groups in total. The number of piperidine rings is 1. The van der Waals surface area contributed by atoms with Crippen LogP contribution in [0.15, 0.2) is 54.6 Å². The van der Waals surface area contributed by atoms with Gasteiger partial charge in [-0.25, -0.2) is 0 Å².